The highest BCUT2D eigenvalue weighted by Crippen LogP contribution is 2.48. The first-order chi connectivity index (χ1) is 19.1. The summed E-state index contributed by atoms with van der Waals surface area (Å²) in [6.07, 6.45) is 3.05. The molecule has 0 aliphatic rings. The number of ether oxygens (including phenoxy) is 1. The Balaban J connectivity index is 1.76. The van der Waals surface area contributed by atoms with Gasteiger partial charge in [-0.25, -0.2) is 9.78 Å². The van der Waals surface area contributed by atoms with Crippen LogP contribution in [0.15, 0.2) is 52.6 Å². The van der Waals surface area contributed by atoms with Gasteiger partial charge in [0.05, 0.1) is 25.1 Å². The largest absolute Gasteiger partial charge is 0.438 e. The SMILES string of the molecule is CCOP(=O)(CCCNC(=O)OC(Cc1ccncc1)c1nc(Sc2cc(Cl)cc(Cl)c2)c(C(C)C)[nH]1)OCC. The standard InChI is InChI=1S/C27H35Cl2N4O5PS/c1-5-36-39(35,37-6-2)13-7-10-31-27(34)38-23(14-19-8-11-30-12-9-19)25-32-24(18(3)4)26(33-25)40-22-16-20(28)15-21(29)17-22/h8-9,11-12,15-18,23H,5-7,10,13-14H2,1-4H3,(H,31,34)(H,32,33). The van der Waals surface area contributed by atoms with Crippen LogP contribution in [0.1, 0.15) is 63.2 Å². The predicted octanol–water partition coefficient (Wildman–Crippen LogP) is 8.05. The smallest absolute Gasteiger partial charge is 0.407 e. The lowest BCUT2D eigenvalue weighted by molar-refractivity contribution is 0.0929. The number of imidazole rings is 1. The molecule has 0 radical (unpaired) electrons. The molecular formula is C27H35Cl2N4O5PS. The van der Waals surface area contributed by atoms with Crippen molar-refractivity contribution in [3.05, 3.63) is 69.9 Å². The molecule has 0 saturated carbocycles. The highest BCUT2D eigenvalue weighted by molar-refractivity contribution is 7.99. The van der Waals surface area contributed by atoms with Gasteiger partial charge in [-0.1, -0.05) is 48.8 Å². The average molecular weight is 630 g/mol. The summed E-state index contributed by atoms with van der Waals surface area (Å²) < 4.78 is 29.1. The molecule has 9 nitrogen and oxygen atoms in total. The van der Waals surface area contributed by atoms with E-state index in [2.05, 4.69) is 29.1 Å². The second kappa shape index (κ2) is 15.8. The molecule has 3 aromatic rings. The van der Waals surface area contributed by atoms with Crippen molar-refractivity contribution in [2.45, 2.75) is 62.5 Å². The Bertz CT molecular complexity index is 1260. The molecule has 2 heterocycles. The van der Waals surface area contributed by atoms with Gasteiger partial charge in [0.2, 0.25) is 0 Å². The molecule has 1 aromatic carbocycles. The molecule has 1 amide bonds. The van der Waals surface area contributed by atoms with Crippen LogP contribution in [0.25, 0.3) is 0 Å². The van der Waals surface area contributed by atoms with Crippen molar-refractivity contribution in [3.8, 4) is 0 Å². The van der Waals surface area contributed by atoms with Gasteiger partial charge in [-0.3, -0.25) is 9.55 Å². The first-order valence-corrected chi connectivity index (χ1v) is 16.4. The van der Waals surface area contributed by atoms with Crippen molar-refractivity contribution >= 4 is 48.7 Å². The summed E-state index contributed by atoms with van der Waals surface area (Å²) >= 11 is 13.8. The van der Waals surface area contributed by atoms with Crippen LogP contribution in [0.3, 0.4) is 0 Å². The first kappa shape index (κ1) is 32.4. The van der Waals surface area contributed by atoms with Gasteiger partial charge in [0.15, 0.2) is 6.10 Å². The lowest BCUT2D eigenvalue weighted by Gasteiger charge is -2.18. The van der Waals surface area contributed by atoms with E-state index in [4.69, 9.17) is 42.0 Å². The van der Waals surface area contributed by atoms with E-state index in [0.29, 0.717) is 28.7 Å². The fraction of sp³-hybridized carbons (Fsp3) is 0.444. The van der Waals surface area contributed by atoms with Gasteiger partial charge < -0.3 is 24.1 Å². The van der Waals surface area contributed by atoms with Crippen molar-refractivity contribution in [1.82, 2.24) is 20.3 Å². The number of carbonyl (C=O) groups is 1. The maximum atomic E-state index is 12.8. The Labute approximate surface area is 249 Å². The van der Waals surface area contributed by atoms with Gasteiger partial charge in [0.1, 0.15) is 10.9 Å². The molecule has 0 saturated heterocycles. The molecule has 0 aliphatic heterocycles. The molecule has 13 heteroatoms. The van der Waals surface area contributed by atoms with Gasteiger partial charge in [-0.15, -0.1) is 0 Å². The lowest BCUT2D eigenvalue weighted by atomic mass is 10.1. The zero-order valence-corrected chi connectivity index (χ0v) is 26.2. The second-order valence-electron chi connectivity index (χ2n) is 9.11. The van der Waals surface area contributed by atoms with Crippen LogP contribution in [0.5, 0.6) is 0 Å². The number of rotatable bonds is 15. The Morgan fingerprint density at radius 1 is 1.10 bits per heavy atom. The zero-order chi connectivity index (χ0) is 29.1. The van der Waals surface area contributed by atoms with Crippen molar-refractivity contribution in [1.29, 1.82) is 0 Å². The van der Waals surface area contributed by atoms with Gasteiger partial charge >= 0.3 is 13.7 Å². The average Bonchev–Trinajstić information content (AvgIpc) is 3.31. The van der Waals surface area contributed by atoms with E-state index in [1.807, 2.05) is 24.3 Å². The minimum atomic E-state index is -3.18. The minimum absolute atomic E-state index is 0.125. The number of halogens is 2. The van der Waals surface area contributed by atoms with Gasteiger partial charge in [0.25, 0.3) is 0 Å². The van der Waals surface area contributed by atoms with Crippen LogP contribution >= 0.6 is 42.6 Å². The zero-order valence-electron chi connectivity index (χ0n) is 23.0. The molecule has 0 aliphatic carbocycles. The number of pyridine rings is 1. The normalized spacial score (nSPS) is 12.5. The molecule has 2 N–H and O–H groups in total. The van der Waals surface area contributed by atoms with E-state index in [1.165, 1.54) is 11.8 Å². The van der Waals surface area contributed by atoms with Crippen molar-refractivity contribution in [3.63, 3.8) is 0 Å². The second-order valence-corrected chi connectivity index (χ2v) is 13.2. The summed E-state index contributed by atoms with van der Waals surface area (Å²) in [6, 6.07) is 9.05. The summed E-state index contributed by atoms with van der Waals surface area (Å²) in [4.78, 5) is 26.0. The number of H-pyrrole nitrogens is 1. The maximum Gasteiger partial charge on any atom is 0.407 e. The summed E-state index contributed by atoms with van der Waals surface area (Å²) in [6.45, 7) is 8.46. The van der Waals surface area contributed by atoms with E-state index >= 15 is 0 Å². The van der Waals surface area contributed by atoms with Crippen LogP contribution in [-0.4, -0.2) is 47.0 Å². The Morgan fingerprint density at radius 2 is 1.75 bits per heavy atom. The molecule has 3 rings (SSSR count). The monoisotopic (exact) mass is 628 g/mol. The van der Waals surface area contributed by atoms with Crippen LogP contribution in [0.2, 0.25) is 10.0 Å². The third kappa shape index (κ3) is 10.1. The number of amides is 1. The molecule has 2 aromatic heterocycles. The highest BCUT2D eigenvalue weighted by Gasteiger charge is 2.26. The molecule has 1 atom stereocenters. The molecule has 0 bridgehead atoms. The summed E-state index contributed by atoms with van der Waals surface area (Å²) in [5.74, 6) is 0.642. The molecule has 0 spiro atoms. The summed E-state index contributed by atoms with van der Waals surface area (Å²) in [5.41, 5.74) is 1.84. The number of carbonyl (C=O) groups excluding carboxylic acids is 1. The fourth-order valence-electron chi connectivity index (χ4n) is 3.83. The van der Waals surface area contributed by atoms with Crippen LogP contribution < -0.4 is 5.32 Å². The van der Waals surface area contributed by atoms with Gasteiger partial charge in [-0.2, -0.15) is 0 Å². The van der Waals surface area contributed by atoms with Crippen molar-refractivity contribution in [2.24, 2.45) is 0 Å². The molecule has 1 unspecified atom stereocenters. The predicted molar refractivity (Wildman–Crippen MR) is 159 cm³/mol. The number of hydrogen-bond donors (Lipinski definition) is 2. The topological polar surface area (TPSA) is 115 Å². The number of alkyl carbamates (subject to hydrolysis) is 1. The molecule has 0 fully saturated rings. The number of aromatic nitrogens is 3. The van der Waals surface area contributed by atoms with Gasteiger partial charge in [0, 0.05) is 40.3 Å². The summed E-state index contributed by atoms with van der Waals surface area (Å²) in [7, 11) is -3.18. The lowest BCUT2D eigenvalue weighted by Crippen LogP contribution is -2.28. The van der Waals surface area contributed by atoms with Crippen LogP contribution in [0.4, 0.5) is 4.79 Å². The van der Waals surface area contributed by atoms with Crippen molar-refractivity contribution < 1.29 is 23.1 Å². The summed E-state index contributed by atoms with van der Waals surface area (Å²) in [5, 5.41) is 4.55. The number of hydrogen-bond acceptors (Lipinski definition) is 8. The Morgan fingerprint density at radius 3 is 2.35 bits per heavy atom. The van der Waals surface area contributed by atoms with E-state index in [0.717, 1.165) is 21.2 Å². The maximum absolute atomic E-state index is 12.8. The number of benzene rings is 1. The molecular weight excluding hydrogens is 594 g/mol. The molecule has 218 valence electrons. The van der Waals surface area contributed by atoms with Crippen molar-refractivity contribution in [2.75, 3.05) is 25.9 Å². The van der Waals surface area contributed by atoms with E-state index < -0.39 is 19.8 Å². The quantitative estimate of drug-likeness (QED) is 0.128. The first-order valence-electron chi connectivity index (χ1n) is 13.1. The van der Waals surface area contributed by atoms with E-state index in [-0.39, 0.29) is 31.8 Å². The molecule has 40 heavy (non-hydrogen) atoms. The number of aromatic amines is 1. The van der Waals surface area contributed by atoms with Gasteiger partial charge in [-0.05, 0) is 62.1 Å². The highest BCUT2D eigenvalue weighted by atomic mass is 35.5. The third-order valence-electron chi connectivity index (χ3n) is 5.60. The Kier molecular flexibility index (Phi) is 12.8. The number of nitrogens with one attached hydrogen (secondary N) is 2. The van der Waals surface area contributed by atoms with E-state index in [9.17, 15) is 9.36 Å². The number of nitrogens with zero attached hydrogens (tertiary/aromatic N) is 2. The minimum Gasteiger partial charge on any atom is -0.438 e. The van der Waals surface area contributed by atoms with Crippen LogP contribution in [-0.2, 0) is 24.8 Å². The van der Waals surface area contributed by atoms with E-state index in [1.54, 1.807) is 32.3 Å². The Hall–Kier alpha value is -2.07. The third-order valence-corrected chi connectivity index (χ3v) is 9.18. The van der Waals surface area contributed by atoms with Crippen LogP contribution in [0, 0.1) is 0 Å². The fourth-order valence-corrected chi connectivity index (χ4v) is 7.29.